The van der Waals surface area contributed by atoms with Gasteiger partial charge in [-0.1, -0.05) is 11.8 Å². The third-order valence-electron chi connectivity index (χ3n) is 2.64. The molecule has 19 heavy (non-hydrogen) atoms. The molecule has 0 spiro atoms. The summed E-state index contributed by atoms with van der Waals surface area (Å²) in [5, 5.41) is 10.6. The Morgan fingerprint density at radius 2 is 2.32 bits per heavy atom. The lowest BCUT2D eigenvalue weighted by molar-refractivity contribution is -0.146. The monoisotopic (exact) mass is 301 g/mol. The number of carboxylic acids is 1. The Balaban J connectivity index is 2.17. The lowest BCUT2D eigenvalue weighted by Crippen LogP contribution is -2.53. The fraction of sp³-hybridized carbons (Fsp3) is 0.364. The maximum atomic E-state index is 11.5. The number of thioether (sulfide) groups is 2. The quantitative estimate of drug-likeness (QED) is 0.471. The molecule has 0 bridgehead atoms. The van der Waals surface area contributed by atoms with E-state index in [0.717, 1.165) is 11.8 Å². The highest BCUT2D eigenvalue weighted by atomic mass is 32.2. The highest BCUT2D eigenvalue weighted by Crippen LogP contribution is 2.43. The van der Waals surface area contributed by atoms with Crippen LogP contribution in [0.15, 0.2) is 22.1 Å². The molecule has 1 atom stereocenters. The number of rotatable bonds is 4. The molecule has 2 aliphatic heterocycles. The first-order valence-corrected chi connectivity index (χ1v) is 7.28. The Morgan fingerprint density at radius 1 is 1.58 bits per heavy atom. The maximum Gasteiger partial charge on any atom is 0.353 e. The second-order valence-electron chi connectivity index (χ2n) is 3.75. The Hall–Kier alpha value is -1.41. The Morgan fingerprint density at radius 3 is 2.89 bits per heavy atom. The smallest absolute Gasteiger partial charge is 0.353 e. The van der Waals surface area contributed by atoms with Crippen molar-refractivity contribution in [1.29, 1.82) is 0 Å². The number of esters is 1. The van der Waals surface area contributed by atoms with Crippen molar-refractivity contribution in [3.63, 3.8) is 0 Å². The fourth-order valence-corrected chi connectivity index (χ4v) is 3.95. The number of hydrogen-bond acceptors (Lipinski definition) is 6. The van der Waals surface area contributed by atoms with Gasteiger partial charge in [0.25, 0.3) is 0 Å². The Kier molecular flexibility index (Phi) is 4.20. The minimum absolute atomic E-state index is 0.0273. The summed E-state index contributed by atoms with van der Waals surface area (Å²) >= 11 is 2.65. The average molecular weight is 301 g/mol. The molecule has 0 unspecified atom stereocenters. The van der Waals surface area contributed by atoms with Gasteiger partial charge in [0.05, 0.1) is 18.9 Å². The molecule has 6 nitrogen and oxygen atoms in total. The summed E-state index contributed by atoms with van der Waals surface area (Å²) in [4.78, 5) is 35.5. The Labute approximate surface area is 117 Å². The van der Waals surface area contributed by atoms with E-state index in [9.17, 15) is 19.5 Å². The third-order valence-corrected chi connectivity index (χ3v) is 4.93. The van der Waals surface area contributed by atoms with E-state index in [2.05, 4.69) is 4.74 Å². The molecule has 0 radical (unpaired) electrons. The topological polar surface area (TPSA) is 83.9 Å². The molecular formula is C11H11NO5S2. The molecule has 1 saturated heterocycles. The molecule has 2 heterocycles. The highest BCUT2D eigenvalue weighted by molar-refractivity contribution is 8.08. The van der Waals surface area contributed by atoms with E-state index in [1.54, 1.807) is 0 Å². The van der Waals surface area contributed by atoms with Crippen LogP contribution in [-0.4, -0.2) is 46.1 Å². The van der Waals surface area contributed by atoms with Gasteiger partial charge in [0, 0.05) is 16.7 Å². The van der Waals surface area contributed by atoms with Crippen molar-refractivity contribution in [2.75, 3.05) is 12.9 Å². The fourth-order valence-electron chi connectivity index (χ4n) is 1.72. The molecular weight excluding hydrogens is 290 g/mol. The highest BCUT2D eigenvalue weighted by Gasteiger charge is 2.45. The van der Waals surface area contributed by atoms with Gasteiger partial charge in [-0.15, -0.1) is 11.8 Å². The largest absolute Gasteiger partial charge is 0.477 e. The van der Waals surface area contributed by atoms with Gasteiger partial charge in [-0.05, 0) is 5.41 Å². The zero-order chi connectivity index (χ0) is 14.0. The van der Waals surface area contributed by atoms with Gasteiger partial charge in [0.1, 0.15) is 5.70 Å². The first-order chi connectivity index (χ1) is 9.04. The number of β-lactam (4-membered cyclic amide) rings is 1. The summed E-state index contributed by atoms with van der Waals surface area (Å²) in [5.41, 5.74) is 0.0273. The molecule has 0 aromatic rings. The van der Waals surface area contributed by atoms with E-state index < -0.39 is 11.9 Å². The van der Waals surface area contributed by atoms with Gasteiger partial charge in [0.2, 0.25) is 5.91 Å². The van der Waals surface area contributed by atoms with Gasteiger partial charge in [0.15, 0.2) is 0 Å². The van der Waals surface area contributed by atoms with Gasteiger partial charge < -0.3 is 9.84 Å². The summed E-state index contributed by atoms with van der Waals surface area (Å²) in [6, 6.07) is 0. The van der Waals surface area contributed by atoms with E-state index in [1.807, 2.05) is 0 Å². The molecule has 102 valence electrons. The molecule has 1 N–H and O–H groups in total. The molecule has 0 saturated carbocycles. The lowest BCUT2D eigenvalue weighted by atomic mass is 10.1. The number of carbonyl (C=O) groups excluding carboxylic acids is 2. The summed E-state index contributed by atoms with van der Waals surface area (Å²) in [5.74, 6) is -1.28. The molecule has 2 rings (SSSR count). The van der Waals surface area contributed by atoms with Crippen molar-refractivity contribution in [1.82, 2.24) is 4.90 Å². The van der Waals surface area contributed by atoms with Crippen LogP contribution < -0.4 is 0 Å². The summed E-state index contributed by atoms with van der Waals surface area (Å²) in [7, 11) is 1.26. The van der Waals surface area contributed by atoms with E-state index in [-0.39, 0.29) is 17.0 Å². The van der Waals surface area contributed by atoms with Gasteiger partial charge in [-0.3, -0.25) is 9.69 Å². The summed E-state index contributed by atoms with van der Waals surface area (Å²) in [6.07, 6.45) is 1.60. The molecule has 0 aromatic carbocycles. The first-order valence-electron chi connectivity index (χ1n) is 5.36. The summed E-state index contributed by atoms with van der Waals surface area (Å²) < 4.78 is 4.44. The van der Waals surface area contributed by atoms with Crippen LogP contribution in [0.3, 0.4) is 0 Å². The number of fused-ring (bicyclic) bond motifs is 1. The standard InChI is InChI=1S/C11H11NO5S2/c1-17-9(14)2-3-18-6-5-19-8-4-7(13)12(8)10(6)11(15)16/h2-3,8H,4-5H2,1H3,(H,15,16)/t8-/m0/s1. The first kappa shape index (κ1) is 14.0. The maximum absolute atomic E-state index is 11.5. The van der Waals surface area contributed by atoms with Gasteiger partial charge in [-0.25, -0.2) is 9.59 Å². The van der Waals surface area contributed by atoms with Crippen LogP contribution in [0.2, 0.25) is 0 Å². The Bertz CT molecular complexity index is 499. The summed E-state index contributed by atoms with van der Waals surface area (Å²) in [6.45, 7) is 0. The van der Waals surface area contributed by atoms with Crippen molar-refractivity contribution in [3.8, 4) is 0 Å². The van der Waals surface area contributed by atoms with Gasteiger partial charge in [-0.2, -0.15) is 0 Å². The van der Waals surface area contributed by atoms with Crippen molar-refractivity contribution in [3.05, 3.63) is 22.1 Å². The molecule has 8 heteroatoms. The van der Waals surface area contributed by atoms with Crippen LogP contribution in [0.25, 0.3) is 0 Å². The van der Waals surface area contributed by atoms with Crippen LogP contribution in [0.1, 0.15) is 6.42 Å². The van der Waals surface area contributed by atoms with Crippen molar-refractivity contribution in [2.45, 2.75) is 11.8 Å². The normalized spacial score (nSPS) is 22.3. The number of carbonyl (C=O) groups is 3. The van der Waals surface area contributed by atoms with Crippen LogP contribution >= 0.6 is 23.5 Å². The van der Waals surface area contributed by atoms with Crippen molar-refractivity contribution in [2.24, 2.45) is 0 Å². The number of amides is 1. The van der Waals surface area contributed by atoms with Crippen molar-refractivity contribution < 1.29 is 24.2 Å². The second-order valence-corrected chi connectivity index (χ2v) is 5.92. The minimum atomic E-state index is -1.12. The number of methoxy groups -OCH3 is 1. The zero-order valence-electron chi connectivity index (χ0n) is 9.99. The van der Waals surface area contributed by atoms with Gasteiger partial charge >= 0.3 is 11.9 Å². The third kappa shape index (κ3) is 2.79. The molecule has 1 amide bonds. The SMILES string of the molecule is COC(=O)C=CSC1=C(C(=O)O)N2C(=O)C[C@@H]2SC1. The molecule has 1 fully saturated rings. The molecule has 0 aliphatic carbocycles. The number of hydrogen-bond donors (Lipinski definition) is 1. The lowest BCUT2D eigenvalue weighted by Gasteiger charge is -2.43. The van der Waals surface area contributed by atoms with E-state index in [1.165, 1.54) is 35.3 Å². The molecule has 2 aliphatic rings. The predicted octanol–water partition coefficient (Wildman–Crippen LogP) is 1.01. The van der Waals surface area contributed by atoms with Crippen LogP contribution in [0.4, 0.5) is 0 Å². The zero-order valence-corrected chi connectivity index (χ0v) is 11.6. The van der Waals surface area contributed by atoms with Crippen LogP contribution in [0.5, 0.6) is 0 Å². The minimum Gasteiger partial charge on any atom is -0.477 e. The van der Waals surface area contributed by atoms with Crippen molar-refractivity contribution >= 4 is 41.4 Å². The van der Waals surface area contributed by atoms with E-state index in [0.29, 0.717) is 17.1 Å². The second kappa shape index (κ2) is 5.70. The number of aliphatic carboxylic acids is 1. The number of carboxylic acid groups (broad SMARTS) is 1. The predicted molar refractivity (Wildman–Crippen MR) is 71.1 cm³/mol. The van der Waals surface area contributed by atoms with Crippen LogP contribution in [0, 0.1) is 0 Å². The van der Waals surface area contributed by atoms with E-state index >= 15 is 0 Å². The number of nitrogens with zero attached hydrogens (tertiary/aromatic N) is 1. The van der Waals surface area contributed by atoms with E-state index in [4.69, 9.17) is 0 Å². The van der Waals surface area contributed by atoms with Crippen LogP contribution in [-0.2, 0) is 19.1 Å². The average Bonchev–Trinajstić information content (AvgIpc) is 2.37. The molecule has 0 aromatic heterocycles. The number of ether oxygens (including phenoxy) is 1.